The summed E-state index contributed by atoms with van der Waals surface area (Å²) < 4.78 is 0. The second kappa shape index (κ2) is 7.06. The maximum atomic E-state index is 12.8. The summed E-state index contributed by atoms with van der Waals surface area (Å²) in [4.78, 5) is 53.6. The molecule has 5 rings (SSSR count). The van der Waals surface area contributed by atoms with Crippen molar-refractivity contribution in [3.8, 4) is 0 Å². The fraction of sp³-hybridized carbons (Fsp3) is 0.364. The molecule has 2 saturated heterocycles. The Hall–Kier alpha value is -2.44. The summed E-state index contributed by atoms with van der Waals surface area (Å²) in [6.07, 6.45) is 5.26. The van der Waals surface area contributed by atoms with Crippen molar-refractivity contribution in [2.45, 2.75) is 25.7 Å². The first kappa shape index (κ1) is 19.5. The predicted octanol–water partition coefficient (Wildman–Crippen LogP) is 3.73. The first-order valence-electron chi connectivity index (χ1n) is 9.91. The Morgan fingerprint density at radius 2 is 0.933 bits per heavy atom. The molecule has 2 fully saturated rings. The zero-order chi connectivity index (χ0) is 21.2. The van der Waals surface area contributed by atoms with Crippen LogP contribution in [0.1, 0.15) is 25.7 Å². The van der Waals surface area contributed by atoms with Crippen molar-refractivity contribution >= 4 is 58.2 Å². The summed E-state index contributed by atoms with van der Waals surface area (Å²) in [7, 11) is 0. The van der Waals surface area contributed by atoms with Gasteiger partial charge in [-0.25, -0.2) is 0 Å². The maximum absolute atomic E-state index is 12.8. The van der Waals surface area contributed by atoms with Gasteiger partial charge in [-0.05, 0) is 49.9 Å². The number of nitrogens with zero attached hydrogens (tertiary/aromatic N) is 2. The number of hydrogen-bond donors (Lipinski definition) is 0. The molecule has 2 aliphatic heterocycles. The Labute approximate surface area is 183 Å². The molecule has 0 unspecified atom stereocenters. The first-order chi connectivity index (χ1) is 14.4. The second-order valence-corrected chi connectivity index (χ2v) is 9.12. The van der Waals surface area contributed by atoms with Crippen LogP contribution in [0.25, 0.3) is 0 Å². The van der Waals surface area contributed by atoms with E-state index in [0.29, 0.717) is 47.1 Å². The van der Waals surface area contributed by atoms with Crippen LogP contribution in [0.15, 0.2) is 46.5 Å². The molecule has 0 spiro atoms. The van der Waals surface area contributed by atoms with Crippen LogP contribution in [-0.2, 0) is 19.2 Å². The van der Waals surface area contributed by atoms with E-state index < -0.39 is 11.8 Å². The lowest BCUT2D eigenvalue weighted by Gasteiger charge is -2.18. The average molecular weight is 445 g/mol. The molecular formula is C22H18Cl2N2O4. The predicted molar refractivity (Wildman–Crippen MR) is 112 cm³/mol. The molecule has 1 aromatic rings. The summed E-state index contributed by atoms with van der Waals surface area (Å²) in [5.74, 6) is -2.64. The summed E-state index contributed by atoms with van der Waals surface area (Å²) in [6, 6.07) is 6.41. The van der Waals surface area contributed by atoms with Crippen molar-refractivity contribution in [2.24, 2.45) is 23.7 Å². The van der Waals surface area contributed by atoms with Gasteiger partial charge in [0.15, 0.2) is 0 Å². The Morgan fingerprint density at radius 1 is 0.600 bits per heavy atom. The summed E-state index contributed by atoms with van der Waals surface area (Å²) >= 11 is 12.1. The minimum absolute atomic E-state index is 0.238. The zero-order valence-electron chi connectivity index (χ0n) is 15.9. The average Bonchev–Trinajstić information content (AvgIpc) is 3.12. The molecule has 4 aliphatic rings. The van der Waals surface area contributed by atoms with Gasteiger partial charge in [-0.1, -0.05) is 35.4 Å². The van der Waals surface area contributed by atoms with Crippen molar-refractivity contribution < 1.29 is 19.2 Å². The molecule has 0 bridgehead atoms. The number of carbonyl (C=O) groups excluding carboxylic acids is 4. The molecule has 8 heteroatoms. The van der Waals surface area contributed by atoms with Gasteiger partial charge in [0.2, 0.25) is 23.6 Å². The van der Waals surface area contributed by atoms with Gasteiger partial charge in [-0.2, -0.15) is 0 Å². The van der Waals surface area contributed by atoms with E-state index in [9.17, 15) is 19.2 Å². The third-order valence-electron chi connectivity index (χ3n) is 6.50. The van der Waals surface area contributed by atoms with Gasteiger partial charge in [0.25, 0.3) is 0 Å². The molecule has 0 radical (unpaired) electrons. The van der Waals surface area contributed by atoms with E-state index >= 15 is 0 Å². The Bertz CT molecular complexity index is 963. The van der Waals surface area contributed by atoms with Gasteiger partial charge < -0.3 is 0 Å². The van der Waals surface area contributed by atoms with Crippen molar-refractivity contribution in [1.29, 1.82) is 0 Å². The fourth-order valence-corrected chi connectivity index (χ4v) is 5.43. The number of imide groups is 2. The van der Waals surface area contributed by atoms with Crippen LogP contribution in [0.5, 0.6) is 0 Å². The monoisotopic (exact) mass is 444 g/mol. The SMILES string of the molecule is O=C1[C@H]2CC=C(Cl)C[C@@H]2C(=O)N1c1ccc(N2C(=O)[C@H]3CC(Cl)=CC[C@H]3C2=O)cc1. The van der Waals surface area contributed by atoms with Gasteiger partial charge in [-0.3, -0.25) is 29.0 Å². The molecule has 0 aromatic heterocycles. The minimum atomic E-state index is -0.434. The topological polar surface area (TPSA) is 74.8 Å². The van der Waals surface area contributed by atoms with Gasteiger partial charge in [0, 0.05) is 10.1 Å². The highest BCUT2D eigenvalue weighted by Gasteiger charge is 2.50. The van der Waals surface area contributed by atoms with Gasteiger partial charge in [0.1, 0.15) is 0 Å². The second-order valence-electron chi connectivity index (χ2n) is 8.15. The number of halogens is 2. The number of carbonyl (C=O) groups is 4. The van der Waals surface area contributed by atoms with E-state index in [1.165, 1.54) is 9.80 Å². The molecule has 154 valence electrons. The molecule has 0 N–H and O–H groups in total. The molecule has 4 atom stereocenters. The number of benzene rings is 1. The van der Waals surface area contributed by atoms with E-state index in [1.807, 2.05) is 0 Å². The lowest BCUT2D eigenvalue weighted by Crippen LogP contribution is -2.32. The van der Waals surface area contributed by atoms with Crippen LogP contribution >= 0.6 is 23.2 Å². The van der Waals surface area contributed by atoms with Gasteiger partial charge in [-0.15, -0.1) is 0 Å². The largest absolute Gasteiger partial charge is 0.274 e. The van der Waals surface area contributed by atoms with Gasteiger partial charge in [0.05, 0.1) is 35.0 Å². The summed E-state index contributed by atoms with van der Waals surface area (Å²) in [6.45, 7) is 0. The van der Waals surface area contributed by atoms with Crippen LogP contribution in [-0.4, -0.2) is 23.6 Å². The normalized spacial score (nSPS) is 31.0. The Morgan fingerprint density at radius 3 is 1.30 bits per heavy atom. The third-order valence-corrected chi connectivity index (χ3v) is 7.12. The zero-order valence-corrected chi connectivity index (χ0v) is 17.4. The molecule has 0 saturated carbocycles. The quantitative estimate of drug-likeness (QED) is 0.651. The molecule has 4 amide bonds. The summed E-state index contributed by atoms with van der Waals surface area (Å²) in [5, 5.41) is 1.22. The molecule has 30 heavy (non-hydrogen) atoms. The van der Waals surface area contributed by atoms with Crippen LogP contribution in [0, 0.1) is 23.7 Å². The van der Waals surface area contributed by atoms with E-state index in [4.69, 9.17) is 23.2 Å². The lowest BCUT2D eigenvalue weighted by atomic mass is 9.85. The van der Waals surface area contributed by atoms with Crippen molar-refractivity contribution in [3.05, 3.63) is 46.5 Å². The number of allylic oxidation sites excluding steroid dienone is 4. The molecular weight excluding hydrogens is 427 g/mol. The highest BCUT2D eigenvalue weighted by atomic mass is 35.5. The fourth-order valence-electron chi connectivity index (χ4n) is 4.91. The van der Waals surface area contributed by atoms with Crippen LogP contribution in [0.3, 0.4) is 0 Å². The number of fused-ring (bicyclic) bond motifs is 2. The maximum Gasteiger partial charge on any atom is 0.238 e. The molecule has 6 nitrogen and oxygen atoms in total. The molecule has 2 heterocycles. The Balaban J connectivity index is 1.39. The summed E-state index contributed by atoms with van der Waals surface area (Å²) in [5.41, 5.74) is 0.862. The number of hydrogen-bond acceptors (Lipinski definition) is 4. The number of anilines is 2. The highest BCUT2D eigenvalue weighted by molar-refractivity contribution is 6.31. The molecule has 1 aromatic carbocycles. The van der Waals surface area contributed by atoms with Crippen LogP contribution in [0.4, 0.5) is 11.4 Å². The van der Waals surface area contributed by atoms with Crippen LogP contribution in [0.2, 0.25) is 0 Å². The standard InChI is InChI=1S/C22H18Cl2N2O4/c23-11-1-7-15-17(9-11)21(29)25(19(15)27)13-3-5-14(6-4-13)26-20(28)16-8-2-12(24)10-18(16)22(26)30/h1-6,15-18H,7-10H2/t15-,16+,17-,18-/m0/s1. The van der Waals surface area contributed by atoms with E-state index in [-0.39, 0.29) is 35.5 Å². The number of amides is 4. The van der Waals surface area contributed by atoms with Crippen molar-refractivity contribution in [1.82, 2.24) is 0 Å². The first-order valence-corrected chi connectivity index (χ1v) is 10.7. The smallest absolute Gasteiger partial charge is 0.238 e. The highest BCUT2D eigenvalue weighted by Crippen LogP contribution is 2.43. The minimum Gasteiger partial charge on any atom is -0.274 e. The number of rotatable bonds is 2. The third kappa shape index (κ3) is 2.85. The lowest BCUT2D eigenvalue weighted by molar-refractivity contribution is -0.124. The van der Waals surface area contributed by atoms with Crippen molar-refractivity contribution in [2.75, 3.05) is 9.80 Å². The molecule has 2 aliphatic carbocycles. The van der Waals surface area contributed by atoms with E-state index in [0.717, 1.165) is 0 Å². The van der Waals surface area contributed by atoms with E-state index in [2.05, 4.69) is 0 Å². The van der Waals surface area contributed by atoms with E-state index in [1.54, 1.807) is 36.4 Å². The van der Waals surface area contributed by atoms with Crippen LogP contribution < -0.4 is 9.80 Å². The van der Waals surface area contributed by atoms with Gasteiger partial charge >= 0.3 is 0 Å². The Kier molecular flexibility index (Phi) is 4.60. The van der Waals surface area contributed by atoms with Crippen molar-refractivity contribution in [3.63, 3.8) is 0 Å².